The van der Waals surface area contributed by atoms with Crippen molar-refractivity contribution in [1.82, 2.24) is 4.57 Å². The maximum atomic E-state index is 13.6. The lowest BCUT2D eigenvalue weighted by atomic mass is 10.0. The molecule has 0 N–H and O–H groups in total. The first-order valence-electron chi connectivity index (χ1n) is 10.0. The summed E-state index contributed by atoms with van der Waals surface area (Å²) in [6.07, 6.45) is 1.67. The average molecular weight is 547 g/mol. The number of hydrogen-bond acceptors (Lipinski definition) is 8. The van der Waals surface area contributed by atoms with Crippen molar-refractivity contribution < 1.29 is 19.1 Å². The lowest BCUT2D eigenvalue weighted by Crippen LogP contribution is -2.39. The first-order valence-corrected chi connectivity index (χ1v) is 12.5. The Hall–Kier alpha value is -2.82. The van der Waals surface area contributed by atoms with E-state index < -0.39 is 18.0 Å². The lowest BCUT2D eigenvalue weighted by Gasteiger charge is -2.23. The van der Waals surface area contributed by atoms with Gasteiger partial charge in [-0.1, -0.05) is 33.3 Å². The number of allylic oxidation sites excluding steroid dienone is 1. The number of carbonyl (C=O) groups excluding carboxylic acids is 2. The Labute approximate surface area is 205 Å². The normalized spacial score (nSPS) is 15.8. The Morgan fingerprint density at radius 2 is 2.09 bits per heavy atom. The molecule has 0 amide bonds. The van der Waals surface area contributed by atoms with Gasteiger partial charge < -0.3 is 9.47 Å². The van der Waals surface area contributed by atoms with E-state index in [2.05, 4.69) is 20.9 Å². The molecule has 33 heavy (non-hydrogen) atoms. The van der Waals surface area contributed by atoms with Crippen molar-refractivity contribution in [2.45, 2.75) is 26.8 Å². The number of carbonyl (C=O) groups is 2. The summed E-state index contributed by atoms with van der Waals surface area (Å²) in [4.78, 5) is 43.8. The molecule has 0 bridgehead atoms. The largest absolute Gasteiger partial charge is 0.463 e. The standard InChI is InChI=1S/C23H19BrN2O5S2/c1-4-30-22(29)19-12(2)25-23-26(20(19)17-6-5-9-32-17)21(28)18(33-23)11-14-10-15(24)7-8-16(14)31-13(3)27/h5-11,20H,4H2,1-3H3/b18-11-. The number of nitrogens with zero attached hydrogens (tertiary/aromatic N) is 2. The molecule has 1 atom stereocenters. The maximum Gasteiger partial charge on any atom is 0.338 e. The second-order valence-electron chi connectivity index (χ2n) is 7.09. The number of ether oxygens (including phenoxy) is 2. The molecule has 0 spiro atoms. The van der Waals surface area contributed by atoms with Gasteiger partial charge in [0.2, 0.25) is 0 Å². The topological polar surface area (TPSA) is 87.0 Å². The average Bonchev–Trinajstić information content (AvgIpc) is 3.38. The van der Waals surface area contributed by atoms with Gasteiger partial charge in [0.05, 0.1) is 22.4 Å². The quantitative estimate of drug-likeness (QED) is 0.360. The van der Waals surface area contributed by atoms with Crippen LogP contribution >= 0.6 is 38.6 Å². The fourth-order valence-electron chi connectivity index (χ4n) is 3.53. The summed E-state index contributed by atoms with van der Waals surface area (Å²) in [6.45, 7) is 5.03. The van der Waals surface area contributed by atoms with Crippen LogP contribution in [0.2, 0.25) is 0 Å². The molecule has 0 saturated carbocycles. The number of fused-ring (bicyclic) bond motifs is 1. The Morgan fingerprint density at radius 1 is 1.30 bits per heavy atom. The van der Waals surface area contributed by atoms with E-state index in [1.54, 1.807) is 38.1 Å². The van der Waals surface area contributed by atoms with E-state index in [-0.39, 0.29) is 12.2 Å². The first kappa shape index (κ1) is 23.3. The molecule has 0 fully saturated rings. The van der Waals surface area contributed by atoms with Crippen molar-refractivity contribution in [3.63, 3.8) is 0 Å². The Kier molecular flexibility index (Phi) is 6.78. The zero-order valence-corrected chi connectivity index (χ0v) is 21.2. The number of halogens is 1. The van der Waals surface area contributed by atoms with Gasteiger partial charge in [0.15, 0.2) is 4.80 Å². The third-order valence-electron chi connectivity index (χ3n) is 4.84. The summed E-state index contributed by atoms with van der Waals surface area (Å²) < 4.78 is 13.3. The fraction of sp³-hybridized carbons (Fsp3) is 0.217. The van der Waals surface area contributed by atoms with E-state index in [0.29, 0.717) is 31.9 Å². The number of thiazole rings is 1. The first-order chi connectivity index (χ1) is 15.8. The number of esters is 2. The van der Waals surface area contributed by atoms with Crippen LogP contribution in [-0.2, 0) is 14.3 Å². The predicted octanol–water partition coefficient (Wildman–Crippen LogP) is 3.55. The zero-order valence-electron chi connectivity index (χ0n) is 18.0. The van der Waals surface area contributed by atoms with E-state index in [1.165, 1.54) is 34.2 Å². The van der Waals surface area contributed by atoms with E-state index in [9.17, 15) is 14.4 Å². The van der Waals surface area contributed by atoms with E-state index in [4.69, 9.17) is 9.47 Å². The lowest BCUT2D eigenvalue weighted by molar-refractivity contribution is -0.139. The van der Waals surface area contributed by atoms with E-state index in [1.807, 2.05) is 17.5 Å². The number of thiophene rings is 1. The van der Waals surface area contributed by atoms with Crippen LogP contribution in [0.4, 0.5) is 0 Å². The molecule has 1 aliphatic rings. The molecule has 0 aliphatic carbocycles. The van der Waals surface area contributed by atoms with Crippen molar-refractivity contribution >= 4 is 56.6 Å². The van der Waals surface area contributed by atoms with Crippen molar-refractivity contribution in [2.24, 2.45) is 4.99 Å². The minimum absolute atomic E-state index is 0.221. The van der Waals surface area contributed by atoms with Gasteiger partial charge in [-0.3, -0.25) is 14.2 Å². The Morgan fingerprint density at radius 3 is 2.76 bits per heavy atom. The number of benzene rings is 1. The maximum absolute atomic E-state index is 13.6. The van der Waals surface area contributed by atoms with Crippen LogP contribution in [-0.4, -0.2) is 23.1 Å². The van der Waals surface area contributed by atoms with E-state index in [0.717, 1.165) is 9.35 Å². The Balaban J connectivity index is 1.94. The summed E-state index contributed by atoms with van der Waals surface area (Å²) in [5, 5.41) is 1.90. The minimum atomic E-state index is -0.627. The monoisotopic (exact) mass is 546 g/mol. The van der Waals surface area contributed by atoms with Crippen LogP contribution in [0.3, 0.4) is 0 Å². The van der Waals surface area contributed by atoms with Crippen LogP contribution in [0, 0.1) is 0 Å². The molecule has 170 valence electrons. The van der Waals surface area contributed by atoms with Crippen molar-refractivity contribution in [3.8, 4) is 5.75 Å². The second-order valence-corrected chi connectivity index (χ2v) is 10.00. The smallest absolute Gasteiger partial charge is 0.338 e. The van der Waals surface area contributed by atoms with Crippen LogP contribution in [0.1, 0.15) is 37.3 Å². The minimum Gasteiger partial charge on any atom is -0.463 e. The highest BCUT2D eigenvalue weighted by Crippen LogP contribution is 2.33. The molecule has 4 rings (SSSR count). The van der Waals surface area contributed by atoms with Gasteiger partial charge in [0.1, 0.15) is 11.8 Å². The van der Waals surface area contributed by atoms with Crippen LogP contribution < -0.4 is 19.6 Å². The van der Waals surface area contributed by atoms with Gasteiger partial charge in [-0.2, -0.15) is 0 Å². The van der Waals surface area contributed by atoms with Crippen LogP contribution in [0.5, 0.6) is 5.75 Å². The number of aromatic nitrogens is 1. The van der Waals surface area contributed by atoms with Gasteiger partial charge in [0.25, 0.3) is 5.56 Å². The molecular weight excluding hydrogens is 528 g/mol. The van der Waals surface area contributed by atoms with Crippen molar-refractivity contribution in [3.05, 3.63) is 81.6 Å². The molecule has 0 saturated heterocycles. The summed E-state index contributed by atoms with van der Waals surface area (Å²) in [6, 6.07) is 8.31. The highest BCUT2D eigenvalue weighted by Gasteiger charge is 2.33. The molecule has 1 aliphatic heterocycles. The second kappa shape index (κ2) is 9.58. The molecule has 7 nitrogen and oxygen atoms in total. The zero-order chi connectivity index (χ0) is 23.7. The van der Waals surface area contributed by atoms with Gasteiger partial charge >= 0.3 is 11.9 Å². The summed E-state index contributed by atoms with van der Waals surface area (Å²) in [5.74, 6) is -0.605. The molecule has 3 aromatic rings. The molecule has 3 heterocycles. The van der Waals surface area contributed by atoms with Gasteiger partial charge in [-0.25, -0.2) is 9.79 Å². The molecule has 1 unspecified atom stereocenters. The highest BCUT2D eigenvalue weighted by molar-refractivity contribution is 9.10. The highest BCUT2D eigenvalue weighted by atomic mass is 79.9. The summed E-state index contributed by atoms with van der Waals surface area (Å²) in [7, 11) is 0. The Bertz CT molecular complexity index is 1450. The fourth-order valence-corrected chi connectivity index (χ4v) is 5.77. The molecular formula is C23H19BrN2O5S2. The van der Waals surface area contributed by atoms with Crippen molar-refractivity contribution in [1.29, 1.82) is 0 Å². The molecule has 2 aromatic heterocycles. The van der Waals surface area contributed by atoms with Crippen LogP contribution in [0.15, 0.2) is 61.2 Å². The SMILES string of the molecule is CCOC(=O)C1=C(C)N=c2s/c(=C\c3cc(Br)ccc3OC(C)=O)c(=O)n2C1c1cccs1. The number of hydrogen-bond donors (Lipinski definition) is 0. The van der Waals surface area contributed by atoms with Gasteiger partial charge in [-0.15, -0.1) is 11.3 Å². The van der Waals surface area contributed by atoms with Gasteiger partial charge in [0, 0.05) is 21.8 Å². The summed E-state index contributed by atoms with van der Waals surface area (Å²) in [5.41, 5.74) is 1.14. The third-order valence-corrected chi connectivity index (χ3v) is 7.24. The molecule has 1 aromatic carbocycles. The molecule has 10 heteroatoms. The predicted molar refractivity (Wildman–Crippen MR) is 130 cm³/mol. The third kappa shape index (κ3) is 4.64. The molecule has 0 radical (unpaired) electrons. The van der Waals surface area contributed by atoms with Crippen LogP contribution in [0.25, 0.3) is 6.08 Å². The van der Waals surface area contributed by atoms with Gasteiger partial charge in [-0.05, 0) is 49.6 Å². The van der Waals surface area contributed by atoms with Crippen molar-refractivity contribution in [2.75, 3.05) is 6.61 Å². The number of rotatable bonds is 5. The summed E-state index contributed by atoms with van der Waals surface area (Å²) >= 11 is 6.09. The van der Waals surface area contributed by atoms with E-state index >= 15 is 0 Å².